The molecule has 0 saturated carbocycles. The lowest BCUT2D eigenvalue weighted by Crippen LogP contribution is -2.09. The highest BCUT2D eigenvalue weighted by Crippen LogP contribution is 2.18. The van der Waals surface area contributed by atoms with Gasteiger partial charge in [-0.2, -0.15) is 0 Å². The van der Waals surface area contributed by atoms with Crippen LogP contribution < -0.4 is 5.32 Å². The van der Waals surface area contributed by atoms with Crippen LogP contribution in [0.5, 0.6) is 0 Å². The minimum absolute atomic E-state index is 0.194. The maximum atomic E-state index is 10.9. The van der Waals surface area contributed by atoms with E-state index in [0.717, 1.165) is 32.4 Å². The number of carbonyl (C=O) groups is 1. The Morgan fingerprint density at radius 3 is 2.78 bits per heavy atom. The van der Waals surface area contributed by atoms with Crippen LogP contribution in [0, 0.1) is 6.92 Å². The number of hydrogen-bond acceptors (Lipinski definition) is 5. The molecule has 0 aliphatic carbocycles. The summed E-state index contributed by atoms with van der Waals surface area (Å²) in [5, 5.41) is 3.31. The SMILES string of the molecule is COCCCCCNc1nc(C)nc(Cl)c1C=O. The normalized spacial score (nSPS) is 10.4. The third kappa shape index (κ3) is 4.58. The van der Waals surface area contributed by atoms with Gasteiger partial charge in [0.05, 0.1) is 5.56 Å². The number of carbonyl (C=O) groups excluding carboxylic acids is 1. The van der Waals surface area contributed by atoms with Gasteiger partial charge in [0.15, 0.2) is 6.29 Å². The summed E-state index contributed by atoms with van der Waals surface area (Å²) in [7, 11) is 1.69. The molecule has 0 radical (unpaired) electrons. The Labute approximate surface area is 112 Å². The zero-order chi connectivity index (χ0) is 13.4. The molecule has 6 heteroatoms. The fourth-order valence-corrected chi connectivity index (χ4v) is 1.80. The molecular weight excluding hydrogens is 254 g/mol. The van der Waals surface area contributed by atoms with E-state index in [1.54, 1.807) is 14.0 Å². The molecule has 1 aromatic heterocycles. The molecule has 0 aliphatic rings. The average molecular weight is 272 g/mol. The highest BCUT2D eigenvalue weighted by molar-refractivity contribution is 6.32. The van der Waals surface area contributed by atoms with Crippen LogP contribution in [0.4, 0.5) is 5.82 Å². The summed E-state index contributed by atoms with van der Waals surface area (Å²) in [5.74, 6) is 1.06. The smallest absolute Gasteiger partial charge is 0.156 e. The molecule has 0 spiro atoms. The van der Waals surface area contributed by atoms with Crippen LogP contribution in [0.1, 0.15) is 35.4 Å². The Morgan fingerprint density at radius 1 is 1.33 bits per heavy atom. The van der Waals surface area contributed by atoms with Gasteiger partial charge < -0.3 is 10.1 Å². The minimum atomic E-state index is 0.194. The van der Waals surface area contributed by atoms with E-state index in [-0.39, 0.29) is 5.15 Å². The van der Waals surface area contributed by atoms with Gasteiger partial charge in [0.25, 0.3) is 0 Å². The van der Waals surface area contributed by atoms with Crippen molar-refractivity contribution in [3.05, 3.63) is 16.5 Å². The molecule has 1 aromatic rings. The van der Waals surface area contributed by atoms with Gasteiger partial charge in [0.2, 0.25) is 0 Å². The van der Waals surface area contributed by atoms with Crippen LogP contribution in [0.2, 0.25) is 5.15 Å². The number of aromatic nitrogens is 2. The van der Waals surface area contributed by atoms with Crippen LogP contribution in [-0.2, 0) is 4.74 Å². The molecular formula is C12H18ClN3O2. The van der Waals surface area contributed by atoms with Gasteiger partial charge in [0.1, 0.15) is 16.8 Å². The molecule has 0 saturated heterocycles. The van der Waals surface area contributed by atoms with Crippen molar-refractivity contribution in [1.29, 1.82) is 0 Å². The summed E-state index contributed by atoms with van der Waals surface area (Å²) >= 11 is 5.88. The average Bonchev–Trinajstić information content (AvgIpc) is 2.33. The second kappa shape index (κ2) is 8.00. The molecule has 0 atom stereocenters. The number of hydrogen-bond donors (Lipinski definition) is 1. The van der Waals surface area contributed by atoms with Gasteiger partial charge in [-0.05, 0) is 26.2 Å². The predicted octanol–water partition coefficient (Wildman–Crippen LogP) is 2.48. The maximum Gasteiger partial charge on any atom is 0.156 e. The number of unbranched alkanes of at least 4 members (excludes halogenated alkanes) is 2. The number of ether oxygens (including phenoxy) is 1. The van der Waals surface area contributed by atoms with E-state index in [1.165, 1.54) is 0 Å². The number of aryl methyl sites for hydroxylation is 1. The van der Waals surface area contributed by atoms with Gasteiger partial charge in [-0.1, -0.05) is 11.6 Å². The lowest BCUT2D eigenvalue weighted by Gasteiger charge is -2.09. The third-order valence-corrected chi connectivity index (χ3v) is 2.73. The molecule has 0 fully saturated rings. The van der Waals surface area contributed by atoms with Crippen molar-refractivity contribution < 1.29 is 9.53 Å². The number of anilines is 1. The molecule has 18 heavy (non-hydrogen) atoms. The van der Waals surface area contributed by atoms with Crippen LogP contribution in [0.3, 0.4) is 0 Å². The largest absolute Gasteiger partial charge is 0.385 e. The number of aldehydes is 1. The lowest BCUT2D eigenvalue weighted by molar-refractivity contribution is 0.112. The molecule has 5 nitrogen and oxygen atoms in total. The first-order chi connectivity index (χ1) is 8.69. The van der Waals surface area contributed by atoms with Crippen molar-refractivity contribution in [2.45, 2.75) is 26.2 Å². The monoisotopic (exact) mass is 271 g/mol. The van der Waals surface area contributed by atoms with E-state index in [0.29, 0.717) is 23.5 Å². The van der Waals surface area contributed by atoms with Crippen molar-refractivity contribution in [1.82, 2.24) is 9.97 Å². The summed E-state index contributed by atoms with van der Waals surface area (Å²) in [6.07, 6.45) is 3.76. The standard InChI is InChI=1S/C12H18ClN3O2/c1-9-15-11(13)10(8-17)12(16-9)14-6-4-3-5-7-18-2/h8H,3-7H2,1-2H3,(H,14,15,16). The van der Waals surface area contributed by atoms with E-state index < -0.39 is 0 Å². The number of nitrogens with one attached hydrogen (secondary N) is 1. The summed E-state index contributed by atoms with van der Waals surface area (Å²) < 4.78 is 4.97. The second-order valence-electron chi connectivity index (χ2n) is 3.92. The Kier molecular flexibility index (Phi) is 6.60. The summed E-state index contributed by atoms with van der Waals surface area (Å²) in [4.78, 5) is 19.0. The quantitative estimate of drug-likeness (QED) is 0.447. The highest BCUT2D eigenvalue weighted by Gasteiger charge is 2.10. The maximum absolute atomic E-state index is 10.9. The molecule has 0 amide bonds. The Morgan fingerprint density at radius 2 is 2.11 bits per heavy atom. The third-order valence-electron chi connectivity index (χ3n) is 2.45. The molecule has 1 N–H and O–H groups in total. The molecule has 1 rings (SSSR count). The van der Waals surface area contributed by atoms with Crippen molar-refractivity contribution in [3.8, 4) is 0 Å². The zero-order valence-electron chi connectivity index (χ0n) is 10.7. The highest BCUT2D eigenvalue weighted by atomic mass is 35.5. The molecule has 1 heterocycles. The first-order valence-electron chi connectivity index (χ1n) is 5.91. The fraction of sp³-hybridized carbons (Fsp3) is 0.583. The number of halogens is 1. The number of methoxy groups -OCH3 is 1. The first kappa shape index (κ1) is 14.9. The van der Waals surface area contributed by atoms with E-state index in [1.807, 2.05) is 0 Å². The molecule has 0 aromatic carbocycles. The van der Waals surface area contributed by atoms with Crippen molar-refractivity contribution in [2.24, 2.45) is 0 Å². The van der Waals surface area contributed by atoms with Crippen LogP contribution in [0.15, 0.2) is 0 Å². The van der Waals surface area contributed by atoms with Gasteiger partial charge >= 0.3 is 0 Å². The zero-order valence-corrected chi connectivity index (χ0v) is 11.5. The van der Waals surface area contributed by atoms with E-state index in [4.69, 9.17) is 16.3 Å². The Balaban J connectivity index is 2.48. The summed E-state index contributed by atoms with van der Waals surface area (Å²) in [6, 6.07) is 0. The topological polar surface area (TPSA) is 64.1 Å². The molecule has 0 aliphatic heterocycles. The van der Waals surface area contributed by atoms with E-state index in [2.05, 4.69) is 15.3 Å². The van der Waals surface area contributed by atoms with Crippen LogP contribution >= 0.6 is 11.6 Å². The van der Waals surface area contributed by atoms with Gasteiger partial charge in [-0.3, -0.25) is 4.79 Å². The van der Waals surface area contributed by atoms with Crippen molar-refractivity contribution in [2.75, 3.05) is 25.6 Å². The predicted molar refractivity (Wildman–Crippen MR) is 71.4 cm³/mol. The van der Waals surface area contributed by atoms with E-state index >= 15 is 0 Å². The molecule has 100 valence electrons. The Bertz CT molecular complexity index is 399. The van der Waals surface area contributed by atoms with Crippen molar-refractivity contribution >= 4 is 23.7 Å². The van der Waals surface area contributed by atoms with Crippen LogP contribution in [-0.4, -0.2) is 36.5 Å². The van der Waals surface area contributed by atoms with Gasteiger partial charge in [-0.15, -0.1) is 0 Å². The fourth-order valence-electron chi connectivity index (χ4n) is 1.54. The molecule has 0 bridgehead atoms. The number of nitrogens with zero attached hydrogens (tertiary/aromatic N) is 2. The minimum Gasteiger partial charge on any atom is -0.385 e. The molecule has 0 unspecified atom stereocenters. The Hall–Kier alpha value is -1.20. The number of rotatable bonds is 8. The van der Waals surface area contributed by atoms with Crippen molar-refractivity contribution in [3.63, 3.8) is 0 Å². The van der Waals surface area contributed by atoms with Gasteiger partial charge in [0, 0.05) is 20.3 Å². The second-order valence-corrected chi connectivity index (χ2v) is 4.28. The van der Waals surface area contributed by atoms with E-state index in [9.17, 15) is 4.79 Å². The lowest BCUT2D eigenvalue weighted by atomic mass is 10.2. The first-order valence-corrected chi connectivity index (χ1v) is 6.29. The summed E-state index contributed by atoms with van der Waals surface area (Å²) in [5.41, 5.74) is 0.319. The van der Waals surface area contributed by atoms with Crippen LogP contribution in [0.25, 0.3) is 0 Å². The van der Waals surface area contributed by atoms with Gasteiger partial charge in [-0.25, -0.2) is 9.97 Å². The summed E-state index contributed by atoms with van der Waals surface area (Å²) in [6.45, 7) is 3.26.